The van der Waals surface area contributed by atoms with Gasteiger partial charge in [0.25, 0.3) is 5.69 Å². The minimum absolute atomic E-state index is 0.0441. The third-order valence-electron chi connectivity index (χ3n) is 3.27. The van der Waals surface area contributed by atoms with Gasteiger partial charge in [0.05, 0.1) is 4.92 Å². The van der Waals surface area contributed by atoms with Crippen LogP contribution in [0.25, 0.3) is 0 Å². The van der Waals surface area contributed by atoms with Crippen molar-refractivity contribution in [2.24, 2.45) is 0 Å². The van der Waals surface area contributed by atoms with E-state index in [2.05, 4.69) is 0 Å². The fraction of sp³-hybridized carbons (Fsp3) is 0.188. The first-order chi connectivity index (χ1) is 10.2. The molecule has 0 radical (unpaired) electrons. The van der Waals surface area contributed by atoms with Crippen molar-refractivity contribution in [1.82, 2.24) is 0 Å². The van der Waals surface area contributed by atoms with E-state index in [1.54, 1.807) is 12.1 Å². The van der Waals surface area contributed by atoms with Gasteiger partial charge in [-0.05, 0) is 24.6 Å². The highest BCUT2D eigenvalue weighted by atomic mass is 16.6. The second kappa shape index (κ2) is 6.65. The fourth-order valence-electron chi connectivity index (χ4n) is 2.20. The van der Waals surface area contributed by atoms with Crippen LogP contribution >= 0.6 is 0 Å². The van der Waals surface area contributed by atoms with Crippen molar-refractivity contribution in [3.05, 3.63) is 69.8 Å². The molecule has 2 aromatic rings. The van der Waals surface area contributed by atoms with Crippen LogP contribution in [-0.4, -0.2) is 17.8 Å². The number of carbonyl (C=O) groups is 1. The monoisotopic (exact) mass is 284 g/mol. The lowest BCUT2D eigenvalue weighted by molar-refractivity contribution is -0.384. The van der Waals surface area contributed by atoms with E-state index in [0.29, 0.717) is 30.6 Å². The molecule has 21 heavy (non-hydrogen) atoms. The number of nitrogens with zero attached hydrogens (tertiary/aromatic N) is 2. The average Bonchev–Trinajstić information content (AvgIpc) is 2.53. The van der Waals surface area contributed by atoms with Gasteiger partial charge in [-0.2, -0.15) is 0 Å². The van der Waals surface area contributed by atoms with Gasteiger partial charge in [-0.1, -0.05) is 30.3 Å². The minimum Gasteiger partial charge on any atom is -0.362 e. The first-order valence-corrected chi connectivity index (χ1v) is 6.68. The largest absolute Gasteiger partial charge is 0.362 e. The Morgan fingerprint density at radius 2 is 1.90 bits per heavy atom. The van der Waals surface area contributed by atoms with Crippen molar-refractivity contribution in [1.29, 1.82) is 0 Å². The molecule has 0 aromatic heterocycles. The number of benzene rings is 2. The van der Waals surface area contributed by atoms with Crippen LogP contribution in [0.5, 0.6) is 0 Å². The Labute approximate surface area is 123 Å². The number of hydrogen-bond donors (Lipinski definition) is 0. The van der Waals surface area contributed by atoms with Gasteiger partial charge in [0.2, 0.25) is 0 Å². The summed E-state index contributed by atoms with van der Waals surface area (Å²) in [5, 5.41) is 11.2. The zero-order valence-electron chi connectivity index (χ0n) is 11.7. The molecule has 0 N–H and O–H groups in total. The van der Waals surface area contributed by atoms with E-state index >= 15 is 0 Å². The number of anilines is 1. The molecule has 2 aromatic carbocycles. The van der Waals surface area contributed by atoms with Gasteiger partial charge in [-0.3, -0.25) is 14.9 Å². The van der Waals surface area contributed by atoms with E-state index in [-0.39, 0.29) is 5.69 Å². The van der Waals surface area contributed by atoms with Crippen LogP contribution in [0.1, 0.15) is 22.8 Å². The Bertz CT molecular complexity index is 641. The van der Waals surface area contributed by atoms with Gasteiger partial charge >= 0.3 is 0 Å². The minimum atomic E-state index is -0.448. The molecule has 0 atom stereocenters. The molecule has 0 aliphatic carbocycles. The van der Waals surface area contributed by atoms with Gasteiger partial charge < -0.3 is 4.90 Å². The maximum absolute atomic E-state index is 11.2. The molecule has 0 spiro atoms. The topological polar surface area (TPSA) is 63.5 Å². The lowest BCUT2D eigenvalue weighted by Crippen LogP contribution is -2.23. The second-order valence-corrected chi connectivity index (χ2v) is 4.62. The molecule has 0 aliphatic heterocycles. The zero-order chi connectivity index (χ0) is 15.2. The highest BCUT2D eigenvalue weighted by Gasteiger charge is 2.19. The van der Waals surface area contributed by atoms with Gasteiger partial charge in [0, 0.05) is 24.7 Å². The lowest BCUT2D eigenvalue weighted by atomic mass is 10.1. The molecule has 0 amide bonds. The summed E-state index contributed by atoms with van der Waals surface area (Å²) in [6.45, 7) is 3.16. The molecule has 0 unspecified atom stereocenters. The van der Waals surface area contributed by atoms with E-state index in [0.717, 1.165) is 5.56 Å². The SMILES string of the molecule is CCN(Cc1ccccc1)c1ccc(C=O)cc1[N+](=O)[O-]. The molecular weight excluding hydrogens is 268 g/mol. The Kier molecular flexibility index (Phi) is 4.66. The normalized spacial score (nSPS) is 10.1. The maximum Gasteiger partial charge on any atom is 0.293 e. The first kappa shape index (κ1) is 14.7. The molecular formula is C16H16N2O3. The summed E-state index contributed by atoms with van der Waals surface area (Å²) in [6, 6.07) is 14.3. The van der Waals surface area contributed by atoms with Crippen molar-refractivity contribution in [3.8, 4) is 0 Å². The average molecular weight is 284 g/mol. The standard InChI is InChI=1S/C16H16N2O3/c1-2-17(11-13-6-4-3-5-7-13)15-9-8-14(12-19)10-16(15)18(20)21/h3-10,12H,2,11H2,1H3. The molecule has 5 heteroatoms. The molecule has 0 heterocycles. The van der Waals surface area contributed by atoms with E-state index in [9.17, 15) is 14.9 Å². The number of rotatable bonds is 6. The Morgan fingerprint density at radius 3 is 2.48 bits per heavy atom. The van der Waals surface area contributed by atoms with Crippen LogP contribution in [0, 0.1) is 10.1 Å². The van der Waals surface area contributed by atoms with Gasteiger partial charge in [-0.15, -0.1) is 0 Å². The van der Waals surface area contributed by atoms with Crippen molar-refractivity contribution in [3.63, 3.8) is 0 Å². The summed E-state index contributed by atoms with van der Waals surface area (Å²) in [5.74, 6) is 0. The summed E-state index contributed by atoms with van der Waals surface area (Å²) in [7, 11) is 0. The van der Waals surface area contributed by atoms with Gasteiger partial charge in [0.15, 0.2) is 0 Å². The maximum atomic E-state index is 11.2. The predicted octanol–water partition coefficient (Wildman–Crippen LogP) is 3.43. The Balaban J connectivity index is 2.37. The molecule has 0 saturated carbocycles. The lowest BCUT2D eigenvalue weighted by Gasteiger charge is -2.23. The summed E-state index contributed by atoms with van der Waals surface area (Å²) in [4.78, 5) is 23.5. The zero-order valence-corrected chi connectivity index (χ0v) is 11.7. The molecule has 2 rings (SSSR count). The van der Waals surface area contributed by atoms with Crippen molar-refractivity contribution >= 4 is 17.7 Å². The quantitative estimate of drug-likeness (QED) is 0.463. The first-order valence-electron chi connectivity index (χ1n) is 6.68. The molecule has 0 fully saturated rings. The van der Waals surface area contributed by atoms with Crippen LogP contribution in [0.3, 0.4) is 0 Å². The molecule has 0 saturated heterocycles. The molecule has 5 nitrogen and oxygen atoms in total. The summed E-state index contributed by atoms with van der Waals surface area (Å²) < 4.78 is 0. The van der Waals surface area contributed by atoms with Crippen LogP contribution in [-0.2, 0) is 6.54 Å². The van der Waals surface area contributed by atoms with Gasteiger partial charge in [0.1, 0.15) is 12.0 Å². The summed E-state index contributed by atoms with van der Waals surface area (Å²) >= 11 is 0. The Morgan fingerprint density at radius 1 is 1.19 bits per heavy atom. The van der Waals surface area contributed by atoms with Crippen molar-refractivity contribution < 1.29 is 9.72 Å². The number of carbonyl (C=O) groups excluding carboxylic acids is 1. The number of hydrogen-bond acceptors (Lipinski definition) is 4. The molecule has 0 aliphatic rings. The van der Waals surface area contributed by atoms with Crippen molar-refractivity contribution in [2.45, 2.75) is 13.5 Å². The molecule has 0 bridgehead atoms. The van der Waals surface area contributed by atoms with Crippen LogP contribution in [0.15, 0.2) is 48.5 Å². The third-order valence-corrected chi connectivity index (χ3v) is 3.27. The van der Waals surface area contributed by atoms with E-state index in [1.807, 2.05) is 42.2 Å². The van der Waals surface area contributed by atoms with Crippen LogP contribution in [0.4, 0.5) is 11.4 Å². The fourth-order valence-corrected chi connectivity index (χ4v) is 2.20. The smallest absolute Gasteiger partial charge is 0.293 e. The van der Waals surface area contributed by atoms with E-state index in [1.165, 1.54) is 6.07 Å². The highest BCUT2D eigenvalue weighted by Crippen LogP contribution is 2.29. The van der Waals surface area contributed by atoms with E-state index < -0.39 is 4.92 Å². The summed E-state index contributed by atoms with van der Waals surface area (Å²) in [6.07, 6.45) is 0.615. The Hall–Kier alpha value is -2.69. The highest BCUT2D eigenvalue weighted by molar-refractivity contribution is 5.79. The summed E-state index contributed by atoms with van der Waals surface area (Å²) in [5.41, 5.74) is 1.86. The number of nitro benzene ring substituents is 1. The molecule has 108 valence electrons. The van der Waals surface area contributed by atoms with Crippen LogP contribution < -0.4 is 4.90 Å². The number of aldehydes is 1. The van der Waals surface area contributed by atoms with Crippen molar-refractivity contribution in [2.75, 3.05) is 11.4 Å². The van der Waals surface area contributed by atoms with Gasteiger partial charge in [-0.25, -0.2) is 0 Å². The number of nitro groups is 1. The second-order valence-electron chi connectivity index (χ2n) is 4.62. The van der Waals surface area contributed by atoms with Crippen LogP contribution in [0.2, 0.25) is 0 Å². The third kappa shape index (κ3) is 3.45. The van der Waals surface area contributed by atoms with E-state index in [4.69, 9.17) is 0 Å². The predicted molar refractivity (Wildman–Crippen MR) is 81.6 cm³/mol.